The normalized spacial score (nSPS) is 10.4. The van der Waals surface area contributed by atoms with Crippen molar-refractivity contribution in [1.82, 2.24) is 0 Å². The molecule has 0 saturated carbocycles. The van der Waals surface area contributed by atoms with Crippen LogP contribution in [-0.2, 0) is 19.1 Å². The van der Waals surface area contributed by atoms with E-state index in [4.69, 9.17) is 28.4 Å². The third-order valence-electron chi connectivity index (χ3n) is 8.35. The minimum atomic E-state index is -0.583. The molecule has 0 N–H and O–H groups in total. The molecule has 0 bridgehead atoms. The predicted octanol–water partition coefficient (Wildman–Crippen LogP) is 8.94. The molecule has 11 heteroatoms. The summed E-state index contributed by atoms with van der Waals surface area (Å²) in [5.74, 6) is -0.140. The Balaban J connectivity index is 1.19. The van der Waals surface area contributed by atoms with Crippen LogP contribution >= 0.6 is 0 Å². The maximum absolute atomic E-state index is 12.8. The molecule has 0 heterocycles. The van der Waals surface area contributed by atoms with E-state index in [-0.39, 0.29) is 5.75 Å². The smallest absolute Gasteiger partial charge is 0.343 e. The van der Waals surface area contributed by atoms with Crippen LogP contribution in [0.1, 0.15) is 82.4 Å². The Morgan fingerprint density at radius 2 is 0.893 bits per heavy atom. The predicted molar refractivity (Wildman–Crippen MR) is 210 cm³/mol. The van der Waals surface area contributed by atoms with Gasteiger partial charge >= 0.3 is 23.9 Å². The van der Waals surface area contributed by atoms with Gasteiger partial charge in [0.1, 0.15) is 23.0 Å². The first-order valence-electron chi connectivity index (χ1n) is 18.5. The summed E-state index contributed by atoms with van der Waals surface area (Å²) < 4.78 is 32.5. The molecule has 0 saturated heterocycles. The van der Waals surface area contributed by atoms with Crippen molar-refractivity contribution < 1.29 is 52.4 Å². The fourth-order valence-electron chi connectivity index (χ4n) is 5.33. The van der Waals surface area contributed by atoms with Gasteiger partial charge in [-0.25, -0.2) is 19.2 Å². The van der Waals surface area contributed by atoms with Gasteiger partial charge in [0, 0.05) is 17.7 Å². The highest BCUT2D eigenvalue weighted by molar-refractivity contribution is 5.93. The SMILES string of the molecule is C=CC(=O)OCCCCCCOc1ccc(C(=O)Oc2ccc(-c3ccc(OC(=O)c4ccc(OCCCCCCOC(=O)C=C)cc4)cc3C=O)cc2)cc1. The Morgan fingerprint density at radius 1 is 0.482 bits per heavy atom. The van der Waals surface area contributed by atoms with Crippen molar-refractivity contribution in [3.8, 4) is 34.1 Å². The van der Waals surface area contributed by atoms with Crippen molar-refractivity contribution in [3.05, 3.63) is 133 Å². The molecule has 4 aromatic carbocycles. The summed E-state index contributed by atoms with van der Waals surface area (Å²) in [5.41, 5.74) is 2.31. The van der Waals surface area contributed by atoms with E-state index in [1.807, 2.05) is 0 Å². The van der Waals surface area contributed by atoms with Gasteiger partial charge in [-0.2, -0.15) is 0 Å². The van der Waals surface area contributed by atoms with E-state index in [0.29, 0.717) is 77.8 Å². The van der Waals surface area contributed by atoms with E-state index >= 15 is 0 Å². The molecule has 0 fully saturated rings. The Labute approximate surface area is 326 Å². The summed E-state index contributed by atoms with van der Waals surface area (Å²) in [6, 6.07) is 24.8. The van der Waals surface area contributed by atoms with Gasteiger partial charge in [0.15, 0.2) is 6.29 Å². The van der Waals surface area contributed by atoms with Crippen LogP contribution in [-0.4, -0.2) is 56.6 Å². The summed E-state index contributed by atoms with van der Waals surface area (Å²) in [6.45, 7) is 8.52. The quantitative estimate of drug-likeness (QED) is 0.0222. The Bertz CT molecular complexity index is 1910. The lowest BCUT2D eigenvalue weighted by Crippen LogP contribution is -2.09. The zero-order chi connectivity index (χ0) is 40.0. The molecule has 0 aliphatic heterocycles. The van der Waals surface area contributed by atoms with E-state index in [1.54, 1.807) is 84.9 Å². The maximum atomic E-state index is 12.8. The third kappa shape index (κ3) is 14.4. The highest BCUT2D eigenvalue weighted by atomic mass is 16.5. The summed E-state index contributed by atoms with van der Waals surface area (Å²) in [7, 11) is 0. The molecule has 0 radical (unpaired) electrons. The summed E-state index contributed by atoms with van der Waals surface area (Å²) in [6.07, 6.45) is 9.91. The van der Waals surface area contributed by atoms with Crippen molar-refractivity contribution in [1.29, 1.82) is 0 Å². The van der Waals surface area contributed by atoms with Crippen LogP contribution < -0.4 is 18.9 Å². The average molecular weight is 763 g/mol. The summed E-state index contributed by atoms with van der Waals surface area (Å²) in [5, 5.41) is 0. The zero-order valence-electron chi connectivity index (χ0n) is 31.3. The Kier molecular flexibility index (Phi) is 17.6. The molecule has 0 aliphatic rings. The number of hydrogen-bond acceptors (Lipinski definition) is 11. The first-order valence-corrected chi connectivity index (χ1v) is 18.5. The van der Waals surface area contributed by atoms with Crippen LogP contribution in [0.3, 0.4) is 0 Å². The largest absolute Gasteiger partial charge is 0.494 e. The van der Waals surface area contributed by atoms with Crippen molar-refractivity contribution in [2.75, 3.05) is 26.4 Å². The second kappa shape index (κ2) is 23.3. The Morgan fingerprint density at radius 3 is 1.34 bits per heavy atom. The van der Waals surface area contributed by atoms with Crippen molar-refractivity contribution >= 4 is 30.2 Å². The lowest BCUT2D eigenvalue weighted by Gasteiger charge is -2.11. The Hall–Kier alpha value is -6.49. The number of ether oxygens (including phenoxy) is 6. The van der Waals surface area contributed by atoms with Gasteiger partial charge in [-0.05, 0) is 141 Å². The van der Waals surface area contributed by atoms with Gasteiger partial charge < -0.3 is 28.4 Å². The van der Waals surface area contributed by atoms with Gasteiger partial charge in [0.2, 0.25) is 0 Å². The van der Waals surface area contributed by atoms with Crippen LogP contribution in [0.4, 0.5) is 0 Å². The number of carbonyl (C=O) groups excluding carboxylic acids is 5. The van der Waals surface area contributed by atoms with Crippen LogP contribution in [0.15, 0.2) is 116 Å². The number of rotatable bonds is 24. The molecule has 4 aromatic rings. The van der Waals surface area contributed by atoms with Crippen molar-refractivity contribution in [2.45, 2.75) is 51.4 Å². The van der Waals surface area contributed by atoms with Gasteiger partial charge in [0.25, 0.3) is 0 Å². The second-order valence-corrected chi connectivity index (χ2v) is 12.5. The lowest BCUT2D eigenvalue weighted by atomic mass is 10.00. The van der Waals surface area contributed by atoms with Crippen molar-refractivity contribution in [2.24, 2.45) is 0 Å². The first kappa shape index (κ1) is 42.3. The van der Waals surface area contributed by atoms with E-state index in [0.717, 1.165) is 63.5 Å². The molecule has 0 aliphatic carbocycles. The van der Waals surface area contributed by atoms with Crippen LogP contribution in [0.2, 0.25) is 0 Å². The monoisotopic (exact) mass is 762 g/mol. The number of esters is 4. The molecule has 292 valence electrons. The molecule has 4 rings (SSSR count). The molecule has 0 amide bonds. The highest BCUT2D eigenvalue weighted by Gasteiger charge is 2.14. The number of hydrogen-bond donors (Lipinski definition) is 0. The van der Waals surface area contributed by atoms with Gasteiger partial charge in [-0.15, -0.1) is 0 Å². The van der Waals surface area contributed by atoms with Crippen molar-refractivity contribution in [3.63, 3.8) is 0 Å². The number of unbranched alkanes of at least 4 members (excludes halogenated alkanes) is 6. The standard InChI is InChI=1S/C45H46O11/c1-3-42(47)53-29-11-7-5-9-27-51-37-19-15-34(16-20-37)44(49)55-39-23-13-33(14-24-39)41-26-25-40(31-36(41)32-46)56-45(50)35-17-21-38(22-18-35)52-28-10-6-8-12-30-54-43(48)4-2/h3-4,13-26,31-32H,1-2,5-12,27-30H2. The topological polar surface area (TPSA) is 141 Å². The molecular formula is C45H46O11. The number of benzene rings is 4. The zero-order valence-corrected chi connectivity index (χ0v) is 31.3. The van der Waals surface area contributed by atoms with Gasteiger partial charge in [-0.1, -0.05) is 25.3 Å². The number of carbonyl (C=O) groups is 5. The minimum absolute atomic E-state index is 0.211. The fraction of sp³-hybridized carbons (Fsp3) is 0.267. The minimum Gasteiger partial charge on any atom is -0.494 e. The van der Waals surface area contributed by atoms with E-state index in [9.17, 15) is 24.0 Å². The summed E-state index contributed by atoms with van der Waals surface area (Å²) in [4.78, 5) is 59.7. The molecule has 0 aromatic heterocycles. The second-order valence-electron chi connectivity index (χ2n) is 12.5. The van der Waals surface area contributed by atoms with Crippen LogP contribution in [0.5, 0.6) is 23.0 Å². The fourth-order valence-corrected chi connectivity index (χ4v) is 5.33. The third-order valence-corrected chi connectivity index (χ3v) is 8.35. The van der Waals surface area contributed by atoms with Gasteiger partial charge in [-0.3, -0.25) is 4.79 Å². The number of aldehydes is 1. The molecule has 56 heavy (non-hydrogen) atoms. The van der Waals surface area contributed by atoms with E-state index in [2.05, 4.69) is 13.2 Å². The maximum Gasteiger partial charge on any atom is 0.343 e. The van der Waals surface area contributed by atoms with Gasteiger partial charge in [0.05, 0.1) is 37.6 Å². The first-order chi connectivity index (χ1) is 27.3. The molecule has 0 spiro atoms. The van der Waals surface area contributed by atoms with E-state index < -0.39 is 23.9 Å². The molecule has 11 nitrogen and oxygen atoms in total. The van der Waals surface area contributed by atoms with E-state index in [1.165, 1.54) is 6.07 Å². The average Bonchev–Trinajstić information content (AvgIpc) is 3.23. The highest BCUT2D eigenvalue weighted by Crippen LogP contribution is 2.29. The summed E-state index contributed by atoms with van der Waals surface area (Å²) >= 11 is 0. The van der Waals surface area contributed by atoms with Crippen LogP contribution in [0.25, 0.3) is 11.1 Å². The van der Waals surface area contributed by atoms with Crippen LogP contribution in [0, 0.1) is 0 Å². The molecule has 0 unspecified atom stereocenters. The lowest BCUT2D eigenvalue weighted by molar-refractivity contribution is -0.138. The molecular weight excluding hydrogens is 716 g/mol. The molecule has 0 atom stereocenters.